The summed E-state index contributed by atoms with van der Waals surface area (Å²) in [6.07, 6.45) is 6.97. The summed E-state index contributed by atoms with van der Waals surface area (Å²) in [6, 6.07) is 0. The average Bonchev–Trinajstić information content (AvgIpc) is 2.14. The van der Waals surface area contributed by atoms with Crippen molar-refractivity contribution in [2.75, 3.05) is 6.54 Å². The van der Waals surface area contributed by atoms with Crippen LogP contribution in [-0.4, -0.2) is 18.4 Å². The maximum absolute atomic E-state index is 10.5. The summed E-state index contributed by atoms with van der Waals surface area (Å²) in [7, 11) is 0. The van der Waals surface area contributed by atoms with E-state index in [1.165, 1.54) is 13.3 Å². The number of rotatable bonds is 9. The van der Waals surface area contributed by atoms with E-state index in [0.717, 1.165) is 38.6 Å². The van der Waals surface area contributed by atoms with Crippen LogP contribution in [0.15, 0.2) is 0 Å². The third-order valence-corrected chi connectivity index (χ3v) is 2.22. The molecule has 0 fully saturated rings. The third-order valence-electron chi connectivity index (χ3n) is 2.22. The molecule has 4 nitrogen and oxygen atoms in total. The molecule has 2 amide bonds. The molecule has 0 aromatic rings. The number of amides is 2. The minimum absolute atomic E-state index is 0.0384. The van der Waals surface area contributed by atoms with Gasteiger partial charge in [0, 0.05) is 19.9 Å². The smallest absolute Gasteiger partial charge is 0.217 e. The second-order valence-electron chi connectivity index (χ2n) is 3.82. The van der Waals surface area contributed by atoms with E-state index in [1.807, 2.05) is 0 Å². The van der Waals surface area contributed by atoms with Crippen LogP contribution >= 0.6 is 0 Å². The van der Waals surface area contributed by atoms with Crippen molar-refractivity contribution in [3.8, 4) is 0 Å². The van der Waals surface area contributed by atoms with E-state index in [1.54, 1.807) is 0 Å². The Morgan fingerprint density at radius 2 is 1.53 bits per heavy atom. The summed E-state index contributed by atoms with van der Waals surface area (Å²) < 4.78 is 0. The zero-order valence-electron chi connectivity index (χ0n) is 9.55. The minimum atomic E-state index is -0.208. The summed E-state index contributed by atoms with van der Waals surface area (Å²) in [6.45, 7) is 2.31. The van der Waals surface area contributed by atoms with Gasteiger partial charge in [0.25, 0.3) is 0 Å². The van der Waals surface area contributed by atoms with Crippen LogP contribution in [0, 0.1) is 0 Å². The zero-order chi connectivity index (χ0) is 11.5. The van der Waals surface area contributed by atoms with E-state index in [4.69, 9.17) is 5.73 Å². The lowest BCUT2D eigenvalue weighted by molar-refractivity contribution is -0.119. The third kappa shape index (κ3) is 12.9. The highest BCUT2D eigenvalue weighted by Gasteiger charge is 1.95. The molecule has 88 valence electrons. The van der Waals surface area contributed by atoms with Crippen LogP contribution in [-0.2, 0) is 9.59 Å². The molecule has 0 aliphatic rings. The largest absolute Gasteiger partial charge is 0.370 e. The number of nitrogens with two attached hydrogens (primary N) is 1. The van der Waals surface area contributed by atoms with Gasteiger partial charge in [-0.3, -0.25) is 9.59 Å². The van der Waals surface area contributed by atoms with Crippen LogP contribution in [0.2, 0.25) is 0 Å². The fourth-order valence-corrected chi connectivity index (χ4v) is 1.40. The van der Waals surface area contributed by atoms with E-state index in [9.17, 15) is 9.59 Å². The van der Waals surface area contributed by atoms with Gasteiger partial charge in [-0.2, -0.15) is 0 Å². The monoisotopic (exact) mass is 214 g/mol. The summed E-state index contributed by atoms with van der Waals surface area (Å²) in [5.41, 5.74) is 5.02. The van der Waals surface area contributed by atoms with Crippen molar-refractivity contribution in [2.45, 2.75) is 51.9 Å². The molecule has 0 unspecified atom stereocenters. The molecule has 0 aromatic carbocycles. The molecule has 0 radical (unpaired) electrons. The molecule has 0 aromatic heterocycles. The maximum atomic E-state index is 10.5. The quantitative estimate of drug-likeness (QED) is 0.568. The molecule has 0 rings (SSSR count). The van der Waals surface area contributed by atoms with Crippen molar-refractivity contribution in [1.29, 1.82) is 0 Å². The zero-order valence-corrected chi connectivity index (χ0v) is 9.55. The van der Waals surface area contributed by atoms with Gasteiger partial charge in [0.2, 0.25) is 11.8 Å². The molecule has 0 saturated heterocycles. The van der Waals surface area contributed by atoms with Gasteiger partial charge in [-0.1, -0.05) is 25.7 Å². The topological polar surface area (TPSA) is 72.2 Å². The molecule has 0 heterocycles. The second kappa shape index (κ2) is 9.49. The Hall–Kier alpha value is -1.06. The van der Waals surface area contributed by atoms with Crippen molar-refractivity contribution < 1.29 is 9.59 Å². The van der Waals surface area contributed by atoms with Crippen molar-refractivity contribution in [2.24, 2.45) is 5.73 Å². The molecular formula is C11H22N2O2. The number of nitrogens with one attached hydrogen (secondary N) is 1. The van der Waals surface area contributed by atoms with Gasteiger partial charge in [0.05, 0.1) is 0 Å². The first-order valence-electron chi connectivity index (χ1n) is 5.65. The van der Waals surface area contributed by atoms with Crippen LogP contribution in [0.4, 0.5) is 0 Å². The van der Waals surface area contributed by atoms with Crippen LogP contribution in [0.5, 0.6) is 0 Å². The molecular weight excluding hydrogens is 192 g/mol. The SMILES string of the molecule is CC(=O)NCCCCCCCCC(N)=O. The van der Waals surface area contributed by atoms with Gasteiger partial charge in [0.1, 0.15) is 0 Å². The Labute approximate surface area is 91.6 Å². The first kappa shape index (κ1) is 13.9. The maximum Gasteiger partial charge on any atom is 0.217 e. The fraction of sp³-hybridized carbons (Fsp3) is 0.818. The van der Waals surface area contributed by atoms with Crippen molar-refractivity contribution in [1.82, 2.24) is 5.32 Å². The predicted octanol–water partition coefficient (Wildman–Crippen LogP) is 1.34. The highest BCUT2D eigenvalue weighted by atomic mass is 16.1. The Bertz CT molecular complexity index is 173. The highest BCUT2D eigenvalue weighted by Crippen LogP contribution is 2.06. The molecule has 0 bridgehead atoms. The van der Waals surface area contributed by atoms with Crippen molar-refractivity contribution >= 4 is 11.8 Å². The highest BCUT2D eigenvalue weighted by molar-refractivity contribution is 5.73. The summed E-state index contributed by atoms with van der Waals surface area (Å²) in [5.74, 6) is -0.169. The summed E-state index contributed by atoms with van der Waals surface area (Å²) in [5, 5.41) is 2.76. The van der Waals surface area contributed by atoms with Crippen molar-refractivity contribution in [3.05, 3.63) is 0 Å². The Balaban J connectivity index is 2.99. The Morgan fingerprint density at radius 3 is 2.07 bits per heavy atom. The number of carbonyl (C=O) groups excluding carboxylic acids is 2. The molecule has 0 atom stereocenters. The van der Waals surface area contributed by atoms with E-state index < -0.39 is 0 Å². The van der Waals surface area contributed by atoms with Crippen LogP contribution in [0.3, 0.4) is 0 Å². The molecule has 15 heavy (non-hydrogen) atoms. The van der Waals surface area contributed by atoms with E-state index in [-0.39, 0.29) is 11.8 Å². The van der Waals surface area contributed by atoms with E-state index >= 15 is 0 Å². The normalized spacial score (nSPS) is 9.93. The fourth-order valence-electron chi connectivity index (χ4n) is 1.40. The lowest BCUT2D eigenvalue weighted by Gasteiger charge is -2.02. The van der Waals surface area contributed by atoms with Crippen LogP contribution in [0.1, 0.15) is 51.9 Å². The number of carbonyl (C=O) groups is 2. The standard InChI is InChI=1S/C11H22N2O2/c1-10(14)13-9-7-5-3-2-4-6-8-11(12)15/h2-9H2,1H3,(H2,12,15)(H,13,14). The number of unbranched alkanes of at least 4 members (excludes halogenated alkanes) is 5. The number of hydrogen-bond acceptors (Lipinski definition) is 2. The molecule has 0 spiro atoms. The summed E-state index contributed by atoms with van der Waals surface area (Å²) in [4.78, 5) is 20.9. The molecule has 0 aliphatic carbocycles. The van der Waals surface area contributed by atoms with Gasteiger partial charge in [-0.15, -0.1) is 0 Å². The minimum Gasteiger partial charge on any atom is -0.370 e. The molecule has 0 aliphatic heterocycles. The lowest BCUT2D eigenvalue weighted by atomic mass is 10.1. The van der Waals surface area contributed by atoms with Crippen LogP contribution < -0.4 is 11.1 Å². The number of primary amides is 1. The molecule has 3 N–H and O–H groups in total. The second-order valence-corrected chi connectivity index (χ2v) is 3.82. The van der Waals surface area contributed by atoms with Gasteiger partial charge < -0.3 is 11.1 Å². The Kier molecular flexibility index (Phi) is 8.82. The average molecular weight is 214 g/mol. The first-order chi connectivity index (χ1) is 7.13. The van der Waals surface area contributed by atoms with Gasteiger partial charge in [-0.05, 0) is 12.8 Å². The van der Waals surface area contributed by atoms with Crippen LogP contribution in [0.25, 0.3) is 0 Å². The number of hydrogen-bond donors (Lipinski definition) is 2. The van der Waals surface area contributed by atoms with Gasteiger partial charge in [-0.25, -0.2) is 0 Å². The van der Waals surface area contributed by atoms with E-state index in [2.05, 4.69) is 5.32 Å². The lowest BCUT2D eigenvalue weighted by Crippen LogP contribution is -2.20. The Morgan fingerprint density at radius 1 is 1.00 bits per heavy atom. The molecule has 0 saturated carbocycles. The molecule has 4 heteroatoms. The van der Waals surface area contributed by atoms with E-state index in [0.29, 0.717) is 6.42 Å². The van der Waals surface area contributed by atoms with Gasteiger partial charge in [0.15, 0.2) is 0 Å². The van der Waals surface area contributed by atoms with Crippen molar-refractivity contribution in [3.63, 3.8) is 0 Å². The predicted molar refractivity (Wildman–Crippen MR) is 60.2 cm³/mol. The summed E-state index contributed by atoms with van der Waals surface area (Å²) >= 11 is 0. The van der Waals surface area contributed by atoms with Gasteiger partial charge >= 0.3 is 0 Å². The first-order valence-corrected chi connectivity index (χ1v) is 5.65.